The summed E-state index contributed by atoms with van der Waals surface area (Å²) in [6, 6.07) is 2.14. The number of amides is 1. The molecule has 1 amide bonds. The number of fused-ring (bicyclic) bond motifs is 1. The summed E-state index contributed by atoms with van der Waals surface area (Å²) in [6.45, 7) is 3.50. The van der Waals surface area contributed by atoms with Crippen molar-refractivity contribution in [3.05, 3.63) is 29.1 Å². The van der Waals surface area contributed by atoms with Crippen LogP contribution in [-0.2, 0) is 22.4 Å². The van der Waals surface area contributed by atoms with Crippen LogP contribution in [0.3, 0.4) is 0 Å². The highest BCUT2D eigenvalue weighted by atomic mass is 16.5. The summed E-state index contributed by atoms with van der Waals surface area (Å²) in [6.07, 6.45) is 6.04. The molecule has 9 nitrogen and oxygen atoms in total. The number of hydrogen-bond acceptors (Lipinski definition) is 7. The van der Waals surface area contributed by atoms with Crippen LogP contribution in [0.25, 0.3) is 0 Å². The second-order valence-corrected chi connectivity index (χ2v) is 7.16. The Morgan fingerprint density at radius 2 is 2.11 bits per heavy atom. The van der Waals surface area contributed by atoms with Crippen molar-refractivity contribution in [2.75, 3.05) is 29.9 Å². The van der Waals surface area contributed by atoms with E-state index in [0.717, 1.165) is 43.9 Å². The van der Waals surface area contributed by atoms with E-state index in [1.165, 1.54) is 11.8 Å². The third-order valence-corrected chi connectivity index (χ3v) is 5.38. The van der Waals surface area contributed by atoms with Gasteiger partial charge in [-0.3, -0.25) is 9.89 Å². The Kier molecular flexibility index (Phi) is 5.23. The Bertz CT molecular complexity index is 872. The minimum Gasteiger partial charge on any atom is -0.462 e. The molecule has 0 saturated carbocycles. The van der Waals surface area contributed by atoms with Gasteiger partial charge in [-0.2, -0.15) is 10.2 Å². The first kappa shape index (κ1) is 18.4. The minimum absolute atomic E-state index is 0.116. The zero-order chi connectivity index (χ0) is 19.5. The minimum atomic E-state index is -0.503. The van der Waals surface area contributed by atoms with Crippen LogP contribution in [0, 0.1) is 5.92 Å². The van der Waals surface area contributed by atoms with E-state index in [1.807, 2.05) is 0 Å². The number of aryl methyl sites for hydroxylation is 2. The first-order valence-electron chi connectivity index (χ1n) is 9.77. The second-order valence-electron chi connectivity index (χ2n) is 7.16. The summed E-state index contributed by atoms with van der Waals surface area (Å²) in [5.41, 5.74) is 2.66. The topological polar surface area (TPSA) is 113 Å². The Morgan fingerprint density at radius 1 is 1.29 bits per heavy atom. The van der Waals surface area contributed by atoms with Gasteiger partial charge in [0.15, 0.2) is 5.82 Å². The number of hydrogen-bond donors (Lipinski definition) is 2. The number of carbonyl (C=O) groups is 2. The quantitative estimate of drug-likeness (QED) is 0.755. The maximum absolute atomic E-state index is 12.6. The molecular formula is C19H24N6O3. The molecular weight excluding hydrogens is 360 g/mol. The molecule has 0 spiro atoms. The molecule has 0 bridgehead atoms. The van der Waals surface area contributed by atoms with Crippen molar-refractivity contribution in [1.29, 1.82) is 0 Å². The van der Waals surface area contributed by atoms with Crippen molar-refractivity contribution >= 4 is 23.5 Å². The molecule has 2 aromatic heterocycles. The number of aromatic nitrogens is 4. The number of nitrogens with one attached hydrogen (secondary N) is 2. The molecule has 1 aliphatic heterocycles. The molecule has 2 aliphatic rings. The van der Waals surface area contributed by atoms with Gasteiger partial charge in [0.25, 0.3) is 0 Å². The van der Waals surface area contributed by atoms with Gasteiger partial charge in [-0.1, -0.05) is 0 Å². The van der Waals surface area contributed by atoms with Gasteiger partial charge >= 0.3 is 5.97 Å². The highest BCUT2D eigenvalue weighted by molar-refractivity contribution is 6.00. The van der Waals surface area contributed by atoms with E-state index in [0.29, 0.717) is 12.8 Å². The van der Waals surface area contributed by atoms with Crippen LogP contribution in [0.4, 0.5) is 11.6 Å². The van der Waals surface area contributed by atoms with Gasteiger partial charge < -0.3 is 15.0 Å². The summed E-state index contributed by atoms with van der Waals surface area (Å²) in [5, 5.41) is 18.0. The third kappa shape index (κ3) is 3.69. The van der Waals surface area contributed by atoms with Crippen molar-refractivity contribution in [2.24, 2.45) is 5.92 Å². The molecule has 0 unspecified atom stereocenters. The molecule has 9 heteroatoms. The fourth-order valence-corrected chi connectivity index (χ4v) is 3.81. The molecule has 0 aromatic carbocycles. The Labute approximate surface area is 162 Å². The van der Waals surface area contributed by atoms with Gasteiger partial charge in [0, 0.05) is 19.0 Å². The van der Waals surface area contributed by atoms with Crippen LogP contribution in [0.1, 0.15) is 47.8 Å². The fraction of sp³-hybridized carbons (Fsp3) is 0.526. The largest absolute Gasteiger partial charge is 0.462 e. The van der Waals surface area contributed by atoms with E-state index < -0.39 is 5.97 Å². The van der Waals surface area contributed by atoms with Crippen molar-refractivity contribution < 1.29 is 14.3 Å². The summed E-state index contributed by atoms with van der Waals surface area (Å²) in [5.74, 6) is 0.441. The number of ether oxygens (including phenoxy) is 1. The lowest BCUT2D eigenvalue weighted by Crippen LogP contribution is -2.39. The van der Waals surface area contributed by atoms with Crippen LogP contribution in [-0.4, -0.2) is 52.0 Å². The molecule has 0 atom stereocenters. The van der Waals surface area contributed by atoms with Gasteiger partial charge in [0.1, 0.15) is 11.4 Å². The van der Waals surface area contributed by atoms with Crippen LogP contribution < -0.4 is 10.2 Å². The van der Waals surface area contributed by atoms with Crippen LogP contribution >= 0.6 is 0 Å². The number of nitrogens with zero attached hydrogens (tertiary/aromatic N) is 4. The molecule has 2 aromatic rings. The normalized spacial score (nSPS) is 16.7. The number of H-pyrrole nitrogens is 1. The molecule has 1 fully saturated rings. The van der Waals surface area contributed by atoms with Crippen LogP contribution in [0.5, 0.6) is 0 Å². The maximum atomic E-state index is 12.6. The predicted octanol–water partition coefficient (Wildman–Crippen LogP) is 1.72. The summed E-state index contributed by atoms with van der Waals surface area (Å²) < 4.78 is 4.98. The molecule has 3 heterocycles. The summed E-state index contributed by atoms with van der Waals surface area (Å²) in [4.78, 5) is 26.7. The van der Waals surface area contributed by atoms with Crippen LogP contribution in [0.2, 0.25) is 0 Å². The molecule has 148 valence electrons. The van der Waals surface area contributed by atoms with E-state index in [9.17, 15) is 9.59 Å². The van der Waals surface area contributed by atoms with Gasteiger partial charge in [-0.05, 0) is 50.7 Å². The Balaban J connectivity index is 1.35. The third-order valence-electron chi connectivity index (χ3n) is 5.38. The zero-order valence-electron chi connectivity index (χ0n) is 15.9. The van der Waals surface area contributed by atoms with E-state index in [-0.39, 0.29) is 29.8 Å². The molecule has 1 aliphatic carbocycles. The number of rotatable bonds is 5. The SMILES string of the molecule is CCOC(=O)c1cn[nH]c1NC(=O)C1CCN(c2cc3c(nn2)CCC3)CC1. The Morgan fingerprint density at radius 3 is 2.89 bits per heavy atom. The van der Waals surface area contributed by atoms with Gasteiger partial charge in [-0.15, -0.1) is 5.10 Å². The number of piperidine rings is 1. The number of aromatic amines is 1. The van der Waals surface area contributed by atoms with Gasteiger partial charge in [0.05, 0.1) is 18.5 Å². The number of carbonyl (C=O) groups excluding carboxylic acids is 2. The van der Waals surface area contributed by atoms with Gasteiger partial charge in [0.2, 0.25) is 5.91 Å². The van der Waals surface area contributed by atoms with Crippen molar-refractivity contribution in [3.63, 3.8) is 0 Å². The lowest BCUT2D eigenvalue weighted by Gasteiger charge is -2.32. The van der Waals surface area contributed by atoms with Gasteiger partial charge in [-0.25, -0.2) is 4.79 Å². The lowest BCUT2D eigenvalue weighted by molar-refractivity contribution is -0.120. The van der Waals surface area contributed by atoms with Crippen molar-refractivity contribution in [2.45, 2.75) is 39.0 Å². The average Bonchev–Trinajstić information content (AvgIpc) is 3.37. The van der Waals surface area contributed by atoms with E-state index >= 15 is 0 Å². The molecule has 4 rings (SSSR count). The van der Waals surface area contributed by atoms with E-state index in [2.05, 4.69) is 36.7 Å². The summed E-state index contributed by atoms with van der Waals surface area (Å²) >= 11 is 0. The molecule has 28 heavy (non-hydrogen) atoms. The zero-order valence-corrected chi connectivity index (χ0v) is 15.9. The maximum Gasteiger partial charge on any atom is 0.343 e. The number of esters is 1. The van der Waals surface area contributed by atoms with Crippen molar-refractivity contribution in [3.8, 4) is 0 Å². The Hall–Kier alpha value is -2.97. The monoisotopic (exact) mass is 384 g/mol. The summed E-state index contributed by atoms with van der Waals surface area (Å²) in [7, 11) is 0. The van der Waals surface area contributed by atoms with E-state index in [4.69, 9.17) is 4.74 Å². The highest BCUT2D eigenvalue weighted by Crippen LogP contribution is 2.27. The van der Waals surface area contributed by atoms with Crippen LogP contribution in [0.15, 0.2) is 12.3 Å². The second kappa shape index (κ2) is 7.95. The molecule has 2 N–H and O–H groups in total. The fourth-order valence-electron chi connectivity index (χ4n) is 3.81. The first-order chi connectivity index (χ1) is 13.7. The number of anilines is 2. The standard InChI is InChI=1S/C19H24N6O3/c1-2-28-19(27)14-11-20-24-17(14)21-18(26)12-6-8-25(9-7-12)16-10-13-4-3-5-15(13)22-23-16/h10-12H,2-9H2,1H3,(H2,20,21,24,26). The predicted molar refractivity (Wildman–Crippen MR) is 102 cm³/mol. The highest BCUT2D eigenvalue weighted by Gasteiger charge is 2.28. The average molecular weight is 384 g/mol. The molecule has 0 radical (unpaired) electrons. The molecule has 1 saturated heterocycles. The van der Waals surface area contributed by atoms with Crippen molar-refractivity contribution in [1.82, 2.24) is 20.4 Å². The smallest absolute Gasteiger partial charge is 0.343 e. The lowest BCUT2D eigenvalue weighted by atomic mass is 9.96. The van der Waals surface area contributed by atoms with E-state index in [1.54, 1.807) is 6.92 Å². The first-order valence-corrected chi connectivity index (χ1v) is 9.77.